The molecular weight excluding hydrogens is 188 g/mol. The standard InChI is InChI=1S/C9H12O5/c1-4-8(11)13-7(3)14-9(12)6(2)5-10/h4,7,10H,1-2,5H2,3H3. The maximum absolute atomic E-state index is 11.0. The van der Waals surface area contributed by atoms with Gasteiger partial charge >= 0.3 is 11.9 Å². The summed E-state index contributed by atoms with van der Waals surface area (Å²) in [7, 11) is 0. The van der Waals surface area contributed by atoms with Crippen LogP contribution in [0, 0.1) is 0 Å². The summed E-state index contributed by atoms with van der Waals surface area (Å²) in [6.45, 7) is 7.28. The third kappa shape index (κ3) is 4.42. The van der Waals surface area contributed by atoms with Gasteiger partial charge in [0.05, 0.1) is 12.2 Å². The second kappa shape index (κ2) is 5.93. The average Bonchev–Trinajstić information content (AvgIpc) is 2.15. The van der Waals surface area contributed by atoms with Crippen LogP contribution in [0.2, 0.25) is 0 Å². The molecule has 0 rings (SSSR count). The average molecular weight is 200 g/mol. The zero-order valence-electron chi connectivity index (χ0n) is 7.86. The molecule has 0 amide bonds. The molecule has 0 heterocycles. The largest absolute Gasteiger partial charge is 0.422 e. The summed E-state index contributed by atoms with van der Waals surface area (Å²) in [5.74, 6) is -1.50. The summed E-state index contributed by atoms with van der Waals surface area (Å²) in [5, 5.41) is 8.52. The molecule has 0 aromatic carbocycles. The van der Waals surface area contributed by atoms with Crippen LogP contribution in [0.4, 0.5) is 0 Å². The molecule has 0 fully saturated rings. The van der Waals surface area contributed by atoms with Crippen molar-refractivity contribution >= 4 is 11.9 Å². The Labute approximate surface area is 81.6 Å². The normalized spacial score (nSPS) is 11.3. The molecule has 0 saturated carbocycles. The van der Waals surface area contributed by atoms with Crippen LogP contribution in [-0.2, 0) is 19.1 Å². The molecule has 78 valence electrons. The molecule has 0 aromatic heterocycles. The lowest BCUT2D eigenvalue weighted by atomic mass is 10.3. The highest BCUT2D eigenvalue weighted by Crippen LogP contribution is 2.00. The fraction of sp³-hybridized carbons (Fsp3) is 0.333. The van der Waals surface area contributed by atoms with Crippen molar-refractivity contribution < 1.29 is 24.2 Å². The Morgan fingerprint density at radius 2 is 2.07 bits per heavy atom. The summed E-state index contributed by atoms with van der Waals surface area (Å²) in [6.07, 6.45) is -0.0816. The quantitative estimate of drug-likeness (QED) is 0.388. The van der Waals surface area contributed by atoms with Crippen LogP contribution in [-0.4, -0.2) is 29.9 Å². The number of hydrogen-bond acceptors (Lipinski definition) is 5. The van der Waals surface area contributed by atoms with Crippen LogP contribution < -0.4 is 0 Å². The summed E-state index contributed by atoms with van der Waals surface area (Å²) < 4.78 is 9.13. The van der Waals surface area contributed by atoms with Crippen molar-refractivity contribution in [3.05, 3.63) is 24.8 Å². The minimum absolute atomic E-state index is 0.105. The van der Waals surface area contributed by atoms with E-state index in [-0.39, 0.29) is 5.57 Å². The zero-order valence-corrected chi connectivity index (χ0v) is 7.86. The number of carbonyl (C=O) groups excluding carboxylic acids is 2. The first kappa shape index (κ1) is 12.4. The lowest BCUT2D eigenvalue weighted by Crippen LogP contribution is -2.22. The van der Waals surface area contributed by atoms with Gasteiger partial charge in [-0.15, -0.1) is 0 Å². The number of ether oxygens (including phenoxy) is 2. The first-order valence-electron chi connectivity index (χ1n) is 3.84. The van der Waals surface area contributed by atoms with Crippen molar-refractivity contribution in [3.63, 3.8) is 0 Å². The van der Waals surface area contributed by atoms with E-state index in [0.29, 0.717) is 0 Å². The molecule has 0 aliphatic heterocycles. The highest BCUT2D eigenvalue weighted by molar-refractivity contribution is 5.88. The van der Waals surface area contributed by atoms with Crippen molar-refractivity contribution in [1.29, 1.82) is 0 Å². The maximum Gasteiger partial charge on any atom is 0.338 e. The highest BCUT2D eigenvalue weighted by Gasteiger charge is 2.14. The summed E-state index contributed by atoms with van der Waals surface area (Å²) in [6, 6.07) is 0. The summed E-state index contributed by atoms with van der Waals surface area (Å²) in [5.41, 5.74) is -0.105. The van der Waals surface area contributed by atoms with E-state index in [2.05, 4.69) is 22.6 Å². The maximum atomic E-state index is 11.0. The second-order valence-electron chi connectivity index (χ2n) is 2.38. The van der Waals surface area contributed by atoms with Crippen molar-refractivity contribution in [2.75, 3.05) is 6.61 Å². The number of rotatable bonds is 5. The molecular formula is C9H12O5. The van der Waals surface area contributed by atoms with Gasteiger partial charge in [0.25, 0.3) is 0 Å². The fourth-order valence-corrected chi connectivity index (χ4v) is 0.534. The molecule has 14 heavy (non-hydrogen) atoms. The van der Waals surface area contributed by atoms with E-state index in [1.54, 1.807) is 0 Å². The van der Waals surface area contributed by atoms with E-state index < -0.39 is 24.8 Å². The summed E-state index contributed by atoms with van der Waals surface area (Å²) in [4.78, 5) is 21.6. The number of esters is 2. The lowest BCUT2D eigenvalue weighted by Gasteiger charge is -2.12. The second-order valence-corrected chi connectivity index (χ2v) is 2.38. The molecule has 1 unspecified atom stereocenters. The topological polar surface area (TPSA) is 72.8 Å². The molecule has 0 spiro atoms. The molecule has 0 bridgehead atoms. The van der Waals surface area contributed by atoms with Crippen molar-refractivity contribution in [1.82, 2.24) is 0 Å². The van der Waals surface area contributed by atoms with Gasteiger partial charge in [0.15, 0.2) is 0 Å². The van der Waals surface area contributed by atoms with Gasteiger partial charge in [-0.3, -0.25) is 0 Å². The third-order valence-electron chi connectivity index (χ3n) is 1.20. The minimum Gasteiger partial charge on any atom is -0.422 e. The van der Waals surface area contributed by atoms with Crippen LogP contribution in [0.25, 0.3) is 0 Å². The smallest absolute Gasteiger partial charge is 0.338 e. The van der Waals surface area contributed by atoms with E-state index in [1.165, 1.54) is 6.92 Å². The summed E-state index contributed by atoms with van der Waals surface area (Å²) >= 11 is 0. The Bertz CT molecular complexity index is 256. The molecule has 1 atom stereocenters. The van der Waals surface area contributed by atoms with Gasteiger partial charge in [-0.2, -0.15) is 0 Å². The number of aliphatic hydroxyl groups excluding tert-OH is 1. The Morgan fingerprint density at radius 3 is 2.50 bits per heavy atom. The van der Waals surface area contributed by atoms with Crippen LogP contribution in [0.1, 0.15) is 6.92 Å². The molecule has 0 radical (unpaired) electrons. The van der Waals surface area contributed by atoms with Crippen LogP contribution in [0.15, 0.2) is 24.8 Å². The Balaban J connectivity index is 4.00. The minimum atomic E-state index is -1.03. The van der Waals surface area contributed by atoms with Gasteiger partial charge in [0.1, 0.15) is 0 Å². The van der Waals surface area contributed by atoms with E-state index in [1.807, 2.05) is 0 Å². The Hall–Kier alpha value is -1.62. The van der Waals surface area contributed by atoms with Gasteiger partial charge in [0, 0.05) is 13.0 Å². The molecule has 0 aliphatic rings. The van der Waals surface area contributed by atoms with Crippen molar-refractivity contribution in [2.24, 2.45) is 0 Å². The van der Waals surface area contributed by atoms with Gasteiger partial charge in [-0.05, 0) is 0 Å². The number of hydrogen-bond donors (Lipinski definition) is 1. The molecule has 5 nitrogen and oxygen atoms in total. The number of aliphatic hydroxyl groups is 1. The molecule has 0 saturated heterocycles. The molecule has 0 aromatic rings. The molecule has 0 aliphatic carbocycles. The first-order valence-corrected chi connectivity index (χ1v) is 3.84. The van der Waals surface area contributed by atoms with E-state index in [4.69, 9.17) is 5.11 Å². The van der Waals surface area contributed by atoms with Gasteiger partial charge in [-0.1, -0.05) is 13.2 Å². The van der Waals surface area contributed by atoms with Crippen molar-refractivity contribution in [2.45, 2.75) is 13.2 Å². The SMILES string of the molecule is C=CC(=O)OC(C)OC(=O)C(=C)CO. The zero-order chi connectivity index (χ0) is 11.1. The predicted octanol–water partition coefficient (Wildman–Crippen LogP) is 0.153. The highest BCUT2D eigenvalue weighted by atomic mass is 16.7. The number of carbonyl (C=O) groups is 2. The van der Waals surface area contributed by atoms with Gasteiger partial charge in [-0.25, -0.2) is 9.59 Å². The lowest BCUT2D eigenvalue weighted by molar-refractivity contribution is -0.178. The Kier molecular flexibility index (Phi) is 5.24. The van der Waals surface area contributed by atoms with E-state index in [9.17, 15) is 9.59 Å². The Morgan fingerprint density at radius 1 is 1.50 bits per heavy atom. The third-order valence-corrected chi connectivity index (χ3v) is 1.20. The van der Waals surface area contributed by atoms with Crippen LogP contribution in [0.3, 0.4) is 0 Å². The van der Waals surface area contributed by atoms with E-state index in [0.717, 1.165) is 6.08 Å². The van der Waals surface area contributed by atoms with Crippen LogP contribution >= 0.6 is 0 Å². The fourth-order valence-electron chi connectivity index (χ4n) is 0.534. The molecule has 5 heteroatoms. The van der Waals surface area contributed by atoms with Gasteiger partial charge < -0.3 is 14.6 Å². The first-order chi connectivity index (χ1) is 6.51. The van der Waals surface area contributed by atoms with E-state index >= 15 is 0 Å². The van der Waals surface area contributed by atoms with Crippen molar-refractivity contribution in [3.8, 4) is 0 Å². The predicted molar refractivity (Wildman–Crippen MR) is 48.1 cm³/mol. The molecule has 1 N–H and O–H groups in total. The monoisotopic (exact) mass is 200 g/mol. The van der Waals surface area contributed by atoms with Crippen LogP contribution in [0.5, 0.6) is 0 Å². The van der Waals surface area contributed by atoms with Gasteiger partial charge in [0.2, 0.25) is 6.29 Å².